The van der Waals surface area contributed by atoms with Crippen molar-refractivity contribution >= 4 is 34.7 Å². The third-order valence-corrected chi connectivity index (χ3v) is 5.68. The van der Waals surface area contributed by atoms with Gasteiger partial charge in [0.1, 0.15) is 0 Å². The quantitative estimate of drug-likeness (QED) is 0.462. The molecule has 1 aromatic heterocycles. The number of pyridine rings is 1. The molecule has 0 saturated heterocycles. The minimum atomic E-state index is -0.570. The van der Waals surface area contributed by atoms with Gasteiger partial charge in [0.05, 0.1) is 28.8 Å². The largest absolute Gasteiger partial charge is 0.463 e. The van der Waals surface area contributed by atoms with Crippen molar-refractivity contribution in [2.75, 3.05) is 12.4 Å². The number of urea groups is 1. The van der Waals surface area contributed by atoms with Gasteiger partial charge in [-0.1, -0.05) is 54.6 Å². The lowest BCUT2D eigenvalue weighted by molar-refractivity contribution is -0.139. The van der Waals surface area contributed by atoms with E-state index in [-0.39, 0.29) is 12.6 Å². The number of carbonyl (C=O) groups excluding carboxylic acids is 2. The van der Waals surface area contributed by atoms with Crippen molar-refractivity contribution in [1.82, 2.24) is 15.6 Å². The van der Waals surface area contributed by atoms with E-state index in [1.54, 1.807) is 6.92 Å². The molecule has 152 valence electrons. The Kier molecular flexibility index (Phi) is 5.99. The summed E-state index contributed by atoms with van der Waals surface area (Å²) in [6, 6.07) is 20.3. The number of amides is 2. The molecule has 2 N–H and O–H groups in total. The zero-order chi connectivity index (χ0) is 20.9. The molecule has 4 rings (SSSR count). The number of thioether (sulfide) groups is 1. The number of fused-ring (bicyclic) bond motifs is 1. The van der Waals surface area contributed by atoms with E-state index in [1.165, 1.54) is 11.8 Å². The van der Waals surface area contributed by atoms with Crippen molar-refractivity contribution < 1.29 is 14.3 Å². The van der Waals surface area contributed by atoms with Crippen molar-refractivity contribution in [2.45, 2.75) is 18.0 Å². The number of carbonyl (C=O) groups is 2. The minimum Gasteiger partial charge on any atom is -0.463 e. The second-order valence-corrected chi connectivity index (χ2v) is 7.68. The maximum Gasteiger partial charge on any atom is 0.338 e. The van der Waals surface area contributed by atoms with Gasteiger partial charge in [0.25, 0.3) is 0 Å². The van der Waals surface area contributed by atoms with Crippen LogP contribution in [0, 0.1) is 0 Å². The summed E-state index contributed by atoms with van der Waals surface area (Å²) >= 11 is 1.46. The first-order chi connectivity index (χ1) is 14.7. The summed E-state index contributed by atoms with van der Waals surface area (Å²) in [5.41, 5.74) is 2.67. The molecule has 2 aromatic carbocycles. The molecule has 0 spiro atoms. The van der Waals surface area contributed by atoms with Crippen LogP contribution in [0.3, 0.4) is 0 Å². The number of hydrogen-bond acceptors (Lipinski definition) is 5. The number of benzene rings is 2. The number of nitrogens with one attached hydrogen (secondary N) is 2. The van der Waals surface area contributed by atoms with Gasteiger partial charge in [0, 0.05) is 16.8 Å². The van der Waals surface area contributed by atoms with Gasteiger partial charge in [-0.15, -0.1) is 11.8 Å². The molecule has 7 heteroatoms. The van der Waals surface area contributed by atoms with Crippen LogP contribution in [0.15, 0.2) is 83.0 Å². The van der Waals surface area contributed by atoms with Gasteiger partial charge in [-0.2, -0.15) is 0 Å². The van der Waals surface area contributed by atoms with Crippen LogP contribution in [-0.2, 0) is 9.53 Å². The first-order valence-corrected chi connectivity index (χ1v) is 10.7. The first kappa shape index (κ1) is 20.0. The molecule has 2 amide bonds. The molecular formula is C23H21N3O3S. The van der Waals surface area contributed by atoms with Crippen molar-refractivity contribution in [3.8, 4) is 0 Å². The van der Waals surface area contributed by atoms with Gasteiger partial charge in [-0.05, 0) is 24.6 Å². The van der Waals surface area contributed by atoms with Gasteiger partial charge in [0.2, 0.25) is 0 Å². The molecule has 1 aliphatic rings. The van der Waals surface area contributed by atoms with E-state index in [2.05, 4.69) is 15.6 Å². The van der Waals surface area contributed by atoms with Gasteiger partial charge >= 0.3 is 12.0 Å². The van der Waals surface area contributed by atoms with Crippen molar-refractivity contribution in [2.24, 2.45) is 0 Å². The summed E-state index contributed by atoms with van der Waals surface area (Å²) in [4.78, 5) is 29.8. The molecule has 0 saturated carbocycles. The number of para-hydroxylation sites is 1. The van der Waals surface area contributed by atoms with Crippen molar-refractivity contribution in [1.29, 1.82) is 0 Å². The van der Waals surface area contributed by atoms with Crippen LogP contribution in [0.1, 0.15) is 18.5 Å². The summed E-state index contributed by atoms with van der Waals surface area (Å²) in [5.74, 6) is -0.0584. The fourth-order valence-corrected chi connectivity index (χ4v) is 4.20. The molecule has 6 nitrogen and oxygen atoms in total. The van der Waals surface area contributed by atoms with E-state index in [4.69, 9.17) is 4.74 Å². The summed E-state index contributed by atoms with van der Waals surface area (Å²) in [6.45, 7) is 2.02. The summed E-state index contributed by atoms with van der Waals surface area (Å²) < 4.78 is 5.30. The van der Waals surface area contributed by atoms with Crippen molar-refractivity contribution in [3.05, 3.63) is 83.6 Å². The number of hydrogen-bond donors (Lipinski definition) is 2. The summed E-state index contributed by atoms with van der Waals surface area (Å²) in [7, 11) is 0. The molecule has 2 heterocycles. The Labute approximate surface area is 178 Å². The smallest absolute Gasteiger partial charge is 0.338 e. The molecule has 3 aromatic rings. The normalized spacial score (nSPS) is 16.2. The zero-order valence-electron chi connectivity index (χ0n) is 16.4. The highest BCUT2D eigenvalue weighted by atomic mass is 32.2. The third-order valence-electron chi connectivity index (χ3n) is 4.72. The van der Waals surface area contributed by atoms with Crippen molar-refractivity contribution in [3.63, 3.8) is 0 Å². The van der Waals surface area contributed by atoms with E-state index in [0.29, 0.717) is 17.0 Å². The topological polar surface area (TPSA) is 80.3 Å². The van der Waals surface area contributed by atoms with Gasteiger partial charge in [0.15, 0.2) is 0 Å². The molecule has 0 fully saturated rings. The maximum atomic E-state index is 12.8. The SMILES string of the molecule is CCOC(=O)C1=C(CSc2ccc3ccccc3n2)NC(=O)NC1c1ccccc1. The first-order valence-electron chi connectivity index (χ1n) is 9.67. The average molecular weight is 420 g/mol. The Morgan fingerprint density at radius 3 is 2.63 bits per heavy atom. The second kappa shape index (κ2) is 9.00. The Balaban J connectivity index is 1.66. The van der Waals surface area contributed by atoms with E-state index in [1.807, 2.05) is 66.7 Å². The van der Waals surface area contributed by atoms with Gasteiger partial charge in [-0.3, -0.25) is 0 Å². The lowest BCUT2D eigenvalue weighted by Crippen LogP contribution is -2.46. The molecule has 0 bridgehead atoms. The molecule has 0 aliphatic carbocycles. The highest BCUT2D eigenvalue weighted by Gasteiger charge is 2.33. The fourth-order valence-electron chi connectivity index (χ4n) is 3.35. The second-order valence-electron chi connectivity index (χ2n) is 6.69. The number of nitrogens with zero attached hydrogens (tertiary/aromatic N) is 1. The molecule has 30 heavy (non-hydrogen) atoms. The Morgan fingerprint density at radius 1 is 1.07 bits per heavy atom. The molecule has 0 radical (unpaired) electrons. The monoisotopic (exact) mass is 419 g/mol. The van der Waals surface area contributed by atoms with E-state index in [9.17, 15) is 9.59 Å². The molecule has 1 aliphatic heterocycles. The Bertz CT molecular complexity index is 1110. The molecular weight excluding hydrogens is 398 g/mol. The number of aromatic nitrogens is 1. The number of esters is 1. The van der Waals surface area contributed by atoms with Crippen LogP contribution in [0.25, 0.3) is 10.9 Å². The maximum absolute atomic E-state index is 12.8. The predicted octanol–water partition coefficient (Wildman–Crippen LogP) is 4.20. The Morgan fingerprint density at radius 2 is 1.83 bits per heavy atom. The Hall–Kier alpha value is -3.32. The average Bonchev–Trinajstić information content (AvgIpc) is 2.78. The van der Waals surface area contributed by atoms with Crippen LogP contribution in [0.4, 0.5) is 4.79 Å². The highest BCUT2D eigenvalue weighted by molar-refractivity contribution is 7.99. The highest BCUT2D eigenvalue weighted by Crippen LogP contribution is 2.30. The number of ether oxygens (including phenoxy) is 1. The number of rotatable bonds is 6. The predicted molar refractivity (Wildman–Crippen MR) is 117 cm³/mol. The minimum absolute atomic E-state index is 0.254. The van der Waals surface area contributed by atoms with E-state index < -0.39 is 12.0 Å². The lowest BCUT2D eigenvalue weighted by atomic mass is 9.95. The van der Waals surface area contributed by atoms with Crippen LogP contribution in [0.5, 0.6) is 0 Å². The van der Waals surface area contributed by atoms with E-state index >= 15 is 0 Å². The zero-order valence-corrected chi connectivity index (χ0v) is 17.2. The summed E-state index contributed by atoms with van der Waals surface area (Å²) in [6.07, 6.45) is 0. The van der Waals surface area contributed by atoms with Crippen LogP contribution >= 0.6 is 11.8 Å². The molecule has 1 unspecified atom stereocenters. The van der Waals surface area contributed by atoms with Crippen LogP contribution in [0.2, 0.25) is 0 Å². The van der Waals surface area contributed by atoms with Crippen LogP contribution in [-0.4, -0.2) is 29.3 Å². The molecule has 1 atom stereocenters. The van der Waals surface area contributed by atoms with Gasteiger partial charge < -0.3 is 15.4 Å². The third kappa shape index (κ3) is 4.31. The fraction of sp³-hybridized carbons (Fsp3) is 0.174. The van der Waals surface area contributed by atoms with Crippen LogP contribution < -0.4 is 10.6 Å². The van der Waals surface area contributed by atoms with E-state index in [0.717, 1.165) is 21.5 Å². The van der Waals surface area contributed by atoms with Gasteiger partial charge in [-0.25, -0.2) is 14.6 Å². The lowest BCUT2D eigenvalue weighted by Gasteiger charge is -2.29. The standard InChI is InChI=1S/C23H21N3O3S/c1-2-29-22(27)20-18(25-23(28)26-21(20)16-9-4-3-5-10-16)14-30-19-13-12-15-8-6-7-11-17(15)24-19/h3-13,21H,2,14H2,1H3,(H2,25,26,28). The summed E-state index contributed by atoms with van der Waals surface area (Å²) in [5, 5.41) is 7.51.